The van der Waals surface area contributed by atoms with Gasteiger partial charge in [-0.3, -0.25) is 4.79 Å². The zero-order valence-electron chi connectivity index (χ0n) is 13.1. The van der Waals surface area contributed by atoms with Crippen molar-refractivity contribution in [2.75, 3.05) is 5.32 Å². The third kappa shape index (κ3) is 4.58. The summed E-state index contributed by atoms with van der Waals surface area (Å²) >= 11 is 0. The Bertz CT molecular complexity index is 635. The van der Waals surface area contributed by atoms with Gasteiger partial charge >= 0.3 is 0 Å². The van der Waals surface area contributed by atoms with Gasteiger partial charge in [0.2, 0.25) is 5.91 Å². The number of hydrogen-bond acceptors (Lipinski definition) is 2. The summed E-state index contributed by atoms with van der Waals surface area (Å²) in [7, 11) is 0. The van der Waals surface area contributed by atoms with Crippen LogP contribution in [0.15, 0.2) is 54.6 Å². The van der Waals surface area contributed by atoms with Crippen LogP contribution in [0.5, 0.6) is 0 Å². The van der Waals surface area contributed by atoms with Crippen LogP contribution in [0.1, 0.15) is 32.4 Å². The van der Waals surface area contributed by atoms with Gasteiger partial charge in [0.15, 0.2) is 0 Å². The van der Waals surface area contributed by atoms with E-state index < -0.39 is 6.04 Å². The highest BCUT2D eigenvalue weighted by molar-refractivity contribution is 5.86. The highest BCUT2D eigenvalue weighted by Crippen LogP contribution is 2.21. The minimum absolute atomic E-state index is 0.193. The molecule has 0 aliphatic carbocycles. The number of para-hydroxylation sites is 1. The molecule has 0 aromatic heterocycles. The van der Waals surface area contributed by atoms with E-state index in [9.17, 15) is 9.18 Å². The maximum Gasteiger partial charge on any atom is 0.247 e. The van der Waals surface area contributed by atoms with Crippen molar-refractivity contribution in [2.45, 2.75) is 32.4 Å². The van der Waals surface area contributed by atoms with E-state index in [2.05, 4.69) is 10.6 Å². The second kappa shape index (κ2) is 6.60. The summed E-state index contributed by atoms with van der Waals surface area (Å²) in [5, 5.41) is 6.10. The lowest BCUT2D eigenvalue weighted by atomic mass is 10.0. The number of anilines is 1. The van der Waals surface area contributed by atoms with E-state index in [1.54, 1.807) is 12.1 Å². The monoisotopic (exact) mass is 300 g/mol. The first-order valence-corrected chi connectivity index (χ1v) is 7.24. The fourth-order valence-electron chi connectivity index (χ4n) is 2.13. The first-order chi connectivity index (χ1) is 10.3. The Balaban J connectivity index is 2.30. The van der Waals surface area contributed by atoms with Gasteiger partial charge in [0.05, 0.1) is 0 Å². The molecule has 0 aliphatic heterocycles. The summed E-state index contributed by atoms with van der Waals surface area (Å²) in [4.78, 5) is 12.6. The molecule has 2 N–H and O–H groups in total. The number of halogens is 1. The molecule has 4 heteroatoms. The molecule has 2 rings (SSSR count). The second-order valence-electron chi connectivity index (χ2n) is 6.24. The Morgan fingerprint density at radius 2 is 1.73 bits per heavy atom. The van der Waals surface area contributed by atoms with Gasteiger partial charge in [-0.15, -0.1) is 0 Å². The fraction of sp³-hybridized carbons (Fsp3) is 0.278. The van der Waals surface area contributed by atoms with E-state index in [0.29, 0.717) is 5.56 Å². The van der Waals surface area contributed by atoms with E-state index >= 15 is 0 Å². The maximum absolute atomic E-state index is 13.5. The summed E-state index contributed by atoms with van der Waals surface area (Å²) in [6.07, 6.45) is 0. The van der Waals surface area contributed by atoms with E-state index in [-0.39, 0.29) is 17.3 Å². The first-order valence-electron chi connectivity index (χ1n) is 7.24. The van der Waals surface area contributed by atoms with Gasteiger partial charge < -0.3 is 10.6 Å². The number of carbonyl (C=O) groups is 1. The number of nitrogens with one attached hydrogen (secondary N) is 2. The molecule has 116 valence electrons. The second-order valence-corrected chi connectivity index (χ2v) is 6.24. The summed E-state index contributed by atoms with van der Waals surface area (Å²) < 4.78 is 13.5. The van der Waals surface area contributed by atoms with Gasteiger partial charge in [-0.05, 0) is 50.6 Å². The SMILES string of the molecule is CC(C)(C)NC(=O)C(Nc1ccccc1)c1cccc(F)c1. The molecule has 0 aliphatic rings. The molecule has 0 fully saturated rings. The minimum Gasteiger partial charge on any atom is -0.370 e. The minimum atomic E-state index is -0.655. The van der Waals surface area contributed by atoms with Crippen LogP contribution in [-0.4, -0.2) is 11.4 Å². The highest BCUT2D eigenvalue weighted by Gasteiger charge is 2.24. The lowest BCUT2D eigenvalue weighted by Gasteiger charge is -2.26. The van der Waals surface area contributed by atoms with Crippen molar-refractivity contribution in [3.05, 3.63) is 66.0 Å². The standard InChI is InChI=1S/C18H21FN2O/c1-18(2,3)21-17(22)16(13-8-7-9-14(19)12-13)20-15-10-5-4-6-11-15/h4-12,16,20H,1-3H3,(H,21,22). The van der Waals surface area contributed by atoms with E-state index in [4.69, 9.17) is 0 Å². The third-order valence-electron chi connectivity index (χ3n) is 3.03. The third-order valence-corrected chi connectivity index (χ3v) is 3.03. The van der Waals surface area contributed by atoms with Crippen molar-refractivity contribution >= 4 is 11.6 Å². The molecule has 1 unspecified atom stereocenters. The summed E-state index contributed by atoms with van der Waals surface area (Å²) in [6, 6.07) is 14.8. The van der Waals surface area contributed by atoms with E-state index in [1.807, 2.05) is 51.1 Å². The van der Waals surface area contributed by atoms with E-state index in [1.165, 1.54) is 12.1 Å². The number of benzene rings is 2. The normalized spacial score (nSPS) is 12.5. The molecular weight excluding hydrogens is 279 g/mol. The van der Waals surface area contributed by atoms with Crippen LogP contribution < -0.4 is 10.6 Å². The molecule has 0 spiro atoms. The molecule has 0 saturated carbocycles. The van der Waals surface area contributed by atoms with Gasteiger partial charge in [-0.2, -0.15) is 0 Å². The molecule has 2 aromatic rings. The smallest absolute Gasteiger partial charge is 0.247 e. The maximum atomic E-state index is 13.5. The lowest BCUT2D eigenvalue weighted by Crippen LogP contribution is -2.44. The molecule has 0 saturated heterocycles. The van der Waals surface area contributed by atoms with Crippen LogP contribution in [0.2, 0.25) is 0 Å². The topological polar surface area (TPSA) is 41.1 Å². The zero-order chi connectivity index (χ0) is 16.2. The first kappa shape index (κ1) is 16.0. The average Bonchev–Trinajstić information content (AvgIpc) is 2.44. The molecule has 0 heterocycles. The van der Waals surface area contributed by atoms with Gasteiger partial charge in [0, 0.05) is 11.2 Å². The number of carbonyl (C=O) groups excluding carboxylic acids is 1. The fourth-order valence-corrected chi connectivity index (χ4v) is 2.13. The summed E-state index contributed by atoms with van der Waals surface area (Å²) in [6.45, 7) is 5.74. The Hall–Kier alpha value is -2.36. The molecule has 22 heavy (non-hydrogen) atoms. The van der Waals surface area contributed by atoms with E-state index in [0.717, 1.165) is 5.69 Å². The Morgan fingerprint density at radius 3 is 2.32 bits per heavy atom. The quantitative estimate of drug-likeness (QED) is 0.899. The van der Waals surface area contributed by atoms with Crippen molar-refractivity contribution in [3.63, 3.8) is 0 Å². The molecule has 1 atom stereocenters. The molecule has 0 bridgehead atoms. The van der Waals surface area contributed by atoms with Gasteiger partial charge in [-0.25, -0.2) is 4.39 Å². The van der Waals surface area contributed by atoms with Crippen LogP contribution in [-0.2, 0) is 4.79 Å². The summed E-state index contributed by atoms with van der Waals surface area (Å²) in [5.74, 6) is -0.553. The largest absolute Gasteiger partial charge is 0.370 e. The average molecular weight is 300 g/mol. The van der Waals surface area contributed by atoms with Crippen LogP contribution in [0.3, 0.4) is 0 Å². The predicted octanol–water partition coefficient (Wildman–Crippen LogP) is 3.89. The van der Waals surface area contributed by atoms with Crippen molar-refractivity contribution in [3.8, 4) is 0 Å². The van der Waals surface area contributed by atoms with Crippen molar-refractivity contribution in [1.29, 1.82) is 0 Å². The van der Waals surface area contributed by atoms with Gasteiger partial charge in [0.25, 0.3) is 0 Å². The van der Waals surface area contributed by atoms with Crippen LogP contribution in [0.4, 0.5) is 10.1 Å². The Kier molecular flexibility index (Phi) is 4.81. The summed E-state index contributed by atoms with van der Waals surface area (Å²) in [5.41, 5.74) is 1.03. The van der Waals surface area contributed by atoms with Crippen LogP contribution >= 0.6 is 0 Å². The number of rotatable bonds is 4. The van der Waals surface area contributed by atoms with Crippen molar-refractivity contribution < 1.29 is 9.18 Å². The Morgan fingerprint density at radius 1 is 1.05 bits per heavy atom. The van der Waals surface area contributed by atoms with Gasteiger partial charge in [0.1, 0.15) is 11.9 Å². The zero-order valence-corrected chi connectivity index (χ0v) is 13.1. The molecule has 1 amide bonds. The lowest BCUT2D eigenvalue weighted by molar-refractivity contribution is -0.123. The van der Waals surface area contributed by atoms with Crippen molar-refractivity contribution in [1.82, 2.24) is 5.32 Å². The molecule has 3 nitrogen and oxygen atoms in total. The van der Waals surface area contributed by atoms with Gasteiger partial charge in [-0.1, -0.05) is 30.3 Å². The Labute approximate surface area is 130 Å². The number of hydrogen-bond donors (Lipinski definition) is 2. The van der Waals surface area contributed by atoms with Crippen molar-refractivity contribution in [2.24, 2.45) is 0 Å². The predicted molar refractivity (Wildman–Crippen MR) is 87.1 cm³/mol. The number of amides is 1. The van der Waals surface area contributed by atoms with Crippen LogP contribution in [0.25, 0.3) is 0 Å². The highest BCUT2D eigenvalue weighted by atomic mass is 19.1. The molecular formula is C18H21FN2O. The molecule has 0 radical (unpaired) electrons. The van der Waals surface area contributed by atoms with Crippen LogP contribution in [0, 0.1) is 5.82 Å². The molecule has 2 aromatic carbocycles.